The van der Waals surface area contributed by atoms with E-state index in [0.29, 0.717) is 0 Å². The van der Waals surface area contributed by atoms with Crippen molar-refractivity contribution in [1.29, 1.82) is 0 Å². The van der Waals surface area contributed by atoms with Crippen molar-refractivity contribution in [3.63, 3.8) is 0 Å². The van der Waals surface area contributed by atoms with E-state index in [1.165, 1.54) is 0 Å². The zero-order valence-corrected chi connectivity index (χ0v) is 13.0. The van der Waals surface area contributed by atoms with Crippen molar-refractivity contribution >= 4 is 27.5 Å². The van der Waals surface area contributed by atoms with Gasteiger partial charge in [0, 0.05) is 10.2 Å². The number of nitrogens with two attached hydrogens (primary N) is 1. The maximum Gasteiger partial charge on any atom is 0.241 e. The summed E-state index contributed by atoms with van der Waals surface area (Å²) >= 11 is 3.51. The monoisotopic (exact) mass is 312 g/mol. The van der Waals surface area contributed by atoms with Crippen LogP contribution in [0.25, 0.3) is 0 Å². The van der Waals surface area contributed by atoms with Crippen molar-refractivity contribution in [2.24, 2.45) is 11.7 Å². The first-order valence-corrected chi connectivity index (χ1v) is 6.99. The first-order valence-electron chi connectivity index (χ1n) is 6.20. The van der Waals surface area contributed by atoms with Crippen LogP contribution < -0.4 is 11.1 Å². The Labute approximate surface area is 117 Å². The van der Waals surface area contributed by atoms with E-state index < -0.39 is 6.04 Å². The molecule has 0 bridgehead atoms. The Bertz CT molecular complexity index is 422. The molecule has 0 aliphatic heterocycles. The summed E-state index contributed by atoms with van der Waals surface area (Å²) < 4.78 is 1.08. The lowest BCUT2D eigenvalue weighted by Gasteiger charge is -2.18. The van der Waals surface area contributed by atoms with E-state index in [1.807, 2.05) is 39.8 Å². The first kappa shape index (κ1) is 15.2. The van der Waals surface area contributed by atoms with Gasteiger partial charge in [-0.2, -0.15) is 0 Å². The predicted octanol–water partition coefficient (Wildman–Crippen LogP) is 3.38. The largest absolute Gasteiger partial charge is 0.325 e. The van der Waals surface area contributed by atoms with Crippen LogP contribution in [-0.2, 0) is 4.79 Å². The Morgan fingerprint density at radius 2 is 1.89 bits per heavy atom. The molecular weight excluding hydrogens is 292 g/mol. The highest BCUT2D eigenvalue weighted by atomic mass is 79.9. The lowest BCUT2D eigenvalue weighted by molar-refractivity contribution is -0.118. The molecule has 1 unspecified atom stereocenters. The molecule has 4 heteroatoms. The number of aryl methyl sites for hydroxylation is 2. The molecule has 1 aromatic rings. The zero-order valence-electron chi connectivity index (χ0n) is 11.4. The van der Waals surface area contributed by atoms with Gasteiger partial charge in [0.25, 0.3) is 0 Å². The molecule has 0 heterocycles. The maximum absolute atomic E-state index is 12.0. The molecule has 0 radical (unpaired) electrons. The van der Waals surface area contributed by atoms with Crippen LogP contribution in [0.4, 0.5) is 5.69 Å². The number of amides is 1. The topological polar surface area (TPSA) is 55.1 Å². The number of benzene rings is 1. The Kier molecular flexibility index (Phi) is 5.35. The molecule has 3 nitrogen and oxygen atoms in total. The summed E-state index contributed by atoms with van der Waals surface area (Å²) in [5.41, 5.74) is 8.91. The molecule has 2 atom stereocenters. The number of anilines is 1. The van der Waals surface area contributed by atoms with E-state index >= 15 is 0 Å². The van der Waals surface area contributed by atoms with Crippen LogP contribution in [0.1, 0.15) is 31.4 Å². The van der Waals surface area contributed by atoms with Crippen LogP contribution in [0.5, 0.6) is 0 Å². The quantitative estimate of drug-likeness (QED) is 0.895. The van der Waals surface area contributed by atoms with Gasteiger partial charge < -0.3 is 11.1 Å². The average Bonchev–Trinajstić information content (AvgIpc) is 2.33. The fraction of sp³-hybridized carbons (Fsp3) is 0.500. The summed E-state index contributed by atoms with van der Waals surface area (Å²) in [6, 6.07) is 3.43. The molecule has 1 amide bonds. The van der Waals surface area contributed by atoms with Crippen molar-refractivity contribution in [3.8, 4) is 0 Å². The number of nitrogens with one attached hydrogen (secondary N) is 1. The minimum atomic E-state index is -0.459. The van der Waals surface area contributed by atoms with Crippen molar-refractivity contribution < 1.29 is 4.79 Å². The van der Waals surface area contributed by atoms with Crippen LogP contribution in [0.15, 0.2) is 16.6 Å². The maximum atomic E-state index is 12.0. The van der Waals surface area contributed by atoms with E-state index in [4.69, 9.17) is 5.73 Å². The highest BCUT2D eigenvalue weighted by Gasteiger charge is 2.19. The Balaban J connectivity index is 2.82. The smallest absolute Gasteiger partial charge is 0.241 e. The highest BCUT2D eigenvalue weighted by Crippen LogP contribution is 2.25. The van der Waals surface area contributed by atoms with Crippen LogP contribution >= 0.6 is 15.9 Å². The number of carbonyl (C=O) groups is 1. The third-order valence-corrected chi connectivity index (χ3v) is 4.51. The molecule has 0 fully saturated rings. The molecule has 18 heavy (non-hydrogen) atoms. The summed E-state index contributed by atoms with van der Waals surface area (Å²) in [4.78, 5) is 12.0. The van der Waals surface area contributed by atoms with Crippen molar-refractivity contribution in [1.82, 2.24) is 0 Å². The lowest BCUT2D eigenvalue weighted by atomic mass is 9.99. The van der Waals surface area contributed by atoms with E-state index in [1.54, 1.807) is 0 Å². The third-order valence-electron chi connectivity index (χ3n) is 3.26. The Hall–Kier alpha value is -0.870. The SMILES string of the molecule is CCC(C)[C@H](N)C(=O)Nc1cc(C)c(Br)c(C)c1. The third kappa shape index (κ3) is 3.56. The van der Waals surface area contributed by atoms with Gasteiger partial charge in [0.15, 0.2) is 0 Å². The number of rotatable bonds is 4. The molecule has 0 aliphatic carbocycles. The number of halogens is 1. The van der Waals surface area contributed by atoms with E-state index in [9.17, 15) is 4.79 Å². The summed E-state index contributed by atoms with van der Waals surface area (Å²) in [7, 11) is 0. The lowest BCUT2D eigenvalue weighted by Crippen LogP contribution is -2.40. The van der Waals surface area contributed by atoms with Crippen molar-refractivity contribution in [3.05, 3.63) is 27.7 Å². The van der Waals surface area contributed by atoms with Gasteiger partial charge in [0.1, 0.15) is 0 Å². The molecule has 100 valence electrons. The van der Waals surface area contributed by atoms with Crippen LogP contribution in [-0.4, -0.2) is 11.9 Å². The molecule has 1 rings (SSSR count). The second-order valence-electron chi connectivity index (χ2n) is 4.82. The molecule has 0 aromatic heterocycles. The van der Waals surface area contributed by atoms with Crippen molar-refractivity contribution in [2.75, 3.05) is 5.32 Å². The summed E-state index contributed by atoms with van der Waals surface area (Å²) in [6.45, 7) is 8.02. The van der Waals surface area contributed by atoms with Gasteiger partial charge in [-0.15, -0.1) is 0 Å². The summed E-state index contributed by atoms with van der Waals surface area (Å²) in [5.74, 6) is 0.0631. The molecule has 0 aliphatic rings. The minimum Gasteiger partial charge on any atom is -0.325 e. The average molecular weight is 313 g/mol. The number of carbonyl (C=O) groups excluding carboxylic acids is 1. The van der Waals surface area contributed by atoms with E-state index in [2.05, 4.69) is 21.2 Å². The Morgan fingerprint density at radius 1 is 1.39 bits per heavy atom. The van der Waals surface area contributed by atoms with Gasteiger partial charge >= 0.3 is 0 Å². The fourth-order valence-electron chi connectivity index (χ4n) is 1.76. The number of hydrogen-bond donors (Lipinski definition) is 2. The second kappa shape index (κ2) is 6.34. The van der Waals surface area contributed by atoms with Gasteiger partial charge in [0.2, 0.25) is 5.91 Å². The van der Waals surface area contributed by atoms with Crippen LogP contribution in [0.2, 0.25) is 0 Å². The molecule has 1 aromatic carbocycles. The van der Waals surface area contributed by atoms with Gasteiger partial charge in [-0.25, -0.2) is 0 Å². The predicted molar refractivity (Wildman–Crippen MR) is 79.7 cm³/mol. The van der Waals surface area contributed by atoms with Gasteiger partial charge in [-0.05, 0) is 43.0 Å². The summed E-state index contributed by atoms with van der Waals surface area (Å²) in [5, 5.41) is 2.88. The standard InChI is InChI=1S/C14H21BrN2O/c1-5-8(2)13(16)14(18)17-11-6-9(3)12(15)10(4)7-11/h6-8,13H,5,16H2,1-4H3,(H,17,18)/t8?,13-/m0/s1. The molecule has 0 spiro atoms. The van der Waals surface area contributed by atoms with E-state index in [-0.39, 0.29) is 11.8 Å². The van der Waals surface area contributed by atoms with Gasteiger partial charge in [0.05, 0.1) is 6.04 Å². The van der Waals surface area contributed by atoms with E-state index in [0.717, 1.165) is 27.7 Å². The number of hydrogen-bond acceptors (Lipinski definition) is 2. The van der Waals surface area contributed by atoms with Crippen LogP contribution in [0, 0.1) is 19.8 Å². The van der Waals surface area contributed by atoms with Crippen molar-refractivity contribution in [2.45, 2.75) is 40.2 Å². The fourth-order valence-corrected chi connectivity index (χ4v) is 1.98. The first-order chi connectivity index (χ1) is 8.36. The molecule has 0 saturated heterocycles. The van der Waals surface area contributed by atoms with Gasteiger partial charge in [-0.1, -0.05) is 36.2 Å². The zero-order chi connectivity index (χ0) is 13.9. The summed E-state index contributed by atoms with van der Waals surface area (Å²) in [6.07, 6.45) is 0.896. The van der Waals surface area contributed by atoms with Crippen LogP contribution in [0.3, 0.4) is 0 Å². The van der Waals surface area contributed by atoms with Gasteiger partial charge in [-0.3, -0.25) is 4.79 Å². The normalized spacial score (nSPS) is 14.1. The minimum absolute atomic E-state index is 0.120. The highest BCUT2D eigenvalue weighted by molar-refractivity contribution is 9.10. The second-order valence-corrected chi connectivity index (χ2v) is 5.62. The molecule has 0 saturated carbocycles. The molecular formula is C14H21BrN2O. The molecule has 3 N–H and O–H groups in total. The Morgan fingerprint density at radius 3 is 2.33 bits per heavy atom.